The predicted molar refractivity (Wildman–Crippen MR) is 66.9 cm³/mol. The summed E-state index contributed by atoms with van der Waals surface area (Å²) in [5, 5.41) is 26.0. The Morgan fingerprint density at radius 3 is 2.62 bits per heavy atom. The fourth-order valence-electron chi connectivity index (χ4n) is 2.09. The van der Waals surface area contributed by atoms with Crippen molar-refractivity contribution in [2.45, 2.75) is 23.8 Å². The van der Waals surface area contributed by atoms with Crippen molar-refractivity contribution < 1.29 is 34.4 Å². The van der Waals surface area contributed by atoms with Crippen molar-refractivity contribution in [2.24, 2.45) is 0 Å². The molecule has 1 aliphatic rings. The number of hydrogen-bond acceptors (Lipinski definition) is 8. The predicted octanol–water partition coefficient (Wildman–Crippen LogP) is -3.06. The minimum atomic E-state index is -5.33. The van der Waals surface area contributed by atoms with Crippen molar-refractivity contribution in [2.75, 3.05) is 12.3 Å². The van der Waals surface area contributed by atoms with Gasteiger partial charge in [0.1, 0.15) is 18.0 Å². The van der Waals surface area contributed by atoms with E-state index in [1.165, 1.54) is 0 Å². The number of aliphatic hydroxyl groups is 3. The smallest absolute Gasteiger partial charge is 0.364 e. The number of nitrogens with zero attached hydrogens (tertiary/aromatic N) is 2. The van der Waals surface area contributed by atoms with Crippen LogP contribution >= 0.6 is 7.60 Å². The van der Waals surface area contributed by atoms with E-state index in [2.05, 4.69) is 4.98 Å². The first-order chi connectivity index (χ1) is 9.62. The van der Waals surface area contributed by atoms with Crippen LogP contribution in [0.5, 0.6) is 0 Å². The quantitative estimate of drug-likeness (QED) is 0.311. The molecule has 1 aliphatic heterocycles. The zero-order valence-electron chi connectivity index (χ0n) is 10.5. The number of nitrogens with two attached hydrogens (primary N) is 1. The van der Waals surface area contributed by atoms with Crippen LogP contribution in [0.3, 0.4) is 0 Å². The Labute approximate surface area is 117 Å². The summed E-state index contributed by atoms with van der Waals surface area (Å²) >= 11 is 0. The van der Waals surface area contributed by atoms with Crippen molar-refractivity contribution in [1.29, 1.82) is 0 Å². The van der Waals surface area contributed by atoms with Crippen LogP contribution in [0.15, 0.2) is 17.1 Å². The van der Waals surface area contributed by atoms with E-state index in [4.69, 9.17) is 15.6 Å². The molecular weight excluding hydrogens is 309 g/mol. The SMILES string of the molecule is Nc1ccn([C@@H]2O[C@H](CO)[C@H](O)[C@@]2(O)P(=O)(O)O)c(=O)n1. The summed E-state index contributed by atoms with van der Waals surface area (Å²) < 4.78 is 17.1. The number of hydrogen-bond donors (Lipinski definition) is 6. The summed E-state index contributed by atoms with van der Waals surface area (Å²) in [6, 6.07) is 1.14. The molecular formula is C9H14N3O8P. The molecule has 0 aromatic carbocycles. The van der Waals surface area contributed by atoms with E-state index in [-0.39, 0.29) is 5.82 Å². The summed E-state index contributed by atoms with van der Waals surface area (Å²) in [6.45, 7) is -0.822. The van der Waals surface area contributed by atoms with E-state index < -0.39 is 43.7 Å². The lowest BCUT2D eigenvalue weighted by Crippen LogP contribution is -2.48. The zero-order valence-corrected chi connectivity index (χ0v) is 11.4. The summed E-state index contributed by atoms with van der Waals surface area (Å²) in [5.74, 6) is -0.145. The maximum atomic E-state index is 11.7. The number of ether oxygens (including phenoxy) is 1. The Hall–Kier alpha value is -1.33. The lowest BCUT2D eigenvalue weighted by atomic mass is 10.1. The fourth-order valence-corrected chi connectivity index (χ4v) is 3.08. The Bertz CT molecular complexity index is 644. The topological polar surface area (TPSA) is 188 Å². The van der Waals surface area contributed by atoms with Crippen LogP contribution in [0, 0.1) is 0 Å². The van der Waals surface area contributed by atoms with Crippen LogP contribution < -0.4 is 11.4 Å². The van der Waals surface area contributed by atoms with Crippen LogP contribution in [-0.2, 0) is 9.30 Å². The summed E-state index contributed by atoms with van der Waals surface area (Å²) in [6.07, 6.45) is -4.54. The summed E-state index contributed by atoms with van der Waals surface area (Å²) in [5.41, 5.74) is 4.25. The molecule has 0 amide bonds. The van der Waals surface area contributed by atoms with Crippen molar-refractivity contribution in [1.82, 2.24) is 9.55 Å². The highest BCUT2D eigenvalue weighted by Gasteiger charge is 2.66. The molecule has 4 atom stereocenters. The number of anilines is 1. The molecule has 1 saturated heterocycles. The largest absolute Gasteiger partial charge is 0.394 e. The Balaban J connectivity index is 2.60. The lowest BCUT2D eigenvalue weighted by molar-refractivity contribution is -0.0742. The van der Waals surface area contributed by atoms with Crippen molar-refractivity contribution in [3.05, 3.63) is 22.7 Å². The second-order valence-electron chi connectivity index (χ2n) is 4.52. The highest BCUT2D eigenvalue weighted by atomic mass is 31.2. The van der Waals surface area contributed by atoms with Crippen molar-refractivity contribution >= 4 is 13.4 Å². The second-order valence-corrected chi connectivity index (χ2v) is 6.33. The average Bonchev–Trinajstić information content (AvgIpc) is 2.63. The molecule has 21 heavy (non-hydrogen) atoms. The van der Waals surface area contributed by atoms with Gasteiger partial charge in [-0.25, -0.2) is 4.79 Å². The average molecular weight is 323 g/mol. The van der Waals surface area contributed by atoms with Gasteiger partial charge < -0.3 is 35.6 Å². The minimum absolute atomic E-state index is 0.145. The molecule has 1 fully saturated rings. The van der Waals surface area contributed by atoms with Gasteiger partial charge in [-0.15, -0.1) is 0 Å². The highest BCUT2D eigenvalue weighted by Crippen LogP contribution is 2.60. The summed E-state index contributed by atoms with van der Waals surface area (Å²) in [7, 11) is -5.33. The van der Waals surface area contributed by atoms with Crippen LogP contribution in [-0.4, -0.2) is 58.8 Å². The van der Waals surface area contributed by atoms with Gasteiger partial charge in [0.2, 0.25) is 5.34 Å². The molecule has 1 aromatic heterocycles. The van der Waals surface area contributed by atoms with E-state index in [9.17, 15) is 29.4 Å². The van der Waals surface area contributed by atoms with E-state index in [0.717, 1.165) is 12.3 Å². The first-order valence-corrected chi connectivity index (χ1v) is 7.31. The third-order valence-electron chi connectivity index (χ3n) is 3.21. The van der Waals surface area contributed by atoms with Gasteiger partial charge in [-0.2, -0.15) is 4.98 Å². The molecule has 2 rings (SSSR count). The maximum absolute atomic E-state index is 11.7. The standard InChI is InChI=1S/C9H14N3O8P/c10-5-1-2-12(8(15)11-5)7-9(16,21(17,18)19)6(14)4(3-13)20-7/h1-2,4,6-7,13-14,16H,3H2,(H2,10,11,15)(H2,17,18,19)/t4-,6+,7-,9-/m1/s1. The molecule has 11 nitrogen and oxygen atoms in total. The Kier molecular flexibility index (Phi) is 3.93. The second kappa shape index (κ2) is 5.14. The molecule has 1 aromatic rings. The first-order valence-electron chi connectivity index (χ1n) is 5.70. The number of nitrogen functional groups attached to an aromatic ring is 1. The van der Waals surface area contributed by atoms with Crippen molar-refractivity contribution in [3.8, 4) is 0 Å². The van der Waals surface area contributed by atoms with E-state index in [1.54, 1.807) is 0 Å². The molecule has 0 bridgehead atoms. The van der Waals surface area contributed by atoms with Crippen LogP contribution in [0.25, 0.3) is 0 Å². The highest BCUT2D eigenvalue weighted by molar-refractivity contribution is 7.53. The van der Waals surface area contributed by atoms with E-state index in [1.807, 2.05) is 0 Å². The normalized spacial score (nSPS) is 33.3. The molecule has 2 heterocycles. The van der Waals surface area contributed by atoms with Crippen molar-refractivity contribution in [3.63, 3.8) is 0 Å². The third kappa shape index (κ3) is 2.38. The van der Waals surface area contributed by atoms with Gasteiger partial charge in [-0.05, 0) is 6.07 Å². The monoisotopic (exact) mass is 323 g/mol. The van der Waals surface area contributed by atoms with Gasteiger partial charge in [0.25, 0.3) is 0 Å². The van der Waals surface area contributed by atoms with Gasteiger partial charge in [0, 0.05) is 6.20 Å². The third-order valence-corrected chi connectivity index (χ3v) is 4.62. The molecule has 0 aliphatic carbocycles. The molecule has 0 saturated carbocycles. The van der Waals surface area contributed by atoms with Gasteiger partial charge in [0.05, 0.1) is 6.61 Å². The molecule has 7 N–H and O–H groups in total. The lowest BCUT2D eigenvalue weighted by Gasteiger charge is -2.31. The molecule has 12 heteroatoms. The molecule has 118 valence electrons. The fraction of sp³-hybridized carbons (Fsp3) is 0.556. The number of rotatable bonds is 3. The van der Waals surface area contributed by atoms with E-state index >= 15 is 0 Å². The first kappa shape index (κ1) is 16.0. The molecule has 0 spiro atoms. The maximum Gasteiger partial charge on any atom is 0.364 e. The number of aromatic nitrogens is 2. The molecule has 0 radical (unpaired) electrons. The minimum Gasteiger partial charge on any atom is -0.394 e. The summed E-state index contributed by atoms with van der Waals surface area (Å²) in [4.78, 5) is 33.7. The molecule has 0 unspecified atom stereocenters. The number of aliphatic hydroxyl groups excluding tert-OH is 2. The Morgan fingerprint density at radius 2 is 2.14 bits per heavy atom. The van der Waals surface area contributed by atoms with Crippen LogP contribution in [0.2, 0.25) is 0 Å². The van der Waals surface area contributed by atoms with Gasteiger partial charge >= 0.3 is 13.3 Å². The van der Waals surface area contributed by atoms with Gasteiger partial charge in [-0.3, -0.25) is 9.13 Å². The Morgan fingerprint density at radius 1 is 1.52 bits per heavy atom. The van der Waals surface area contributed by atoms with Crippen LogP contribution in [0.4, 0.5) is 5.82 Å². The van der Waals surface area contributed by atoms with E-state index in [0.29, 0.717) is 4.57 Å². The van der Waals surface area contributed by atoms with Crippen LogP contribution in [0.1, 0.15) is 6.23 Å². The van der Waals surface area contributed by atoms with Gasteiger partial charge in [0.15, 0.2) is 6.23 Å². The zero-order chi connectivity index (χ0) is 16.0. The van der Waals surface area contributed by atoms with Gasteiger partial charge in [-0.1, -0.05) is 0 Å².